The molecule has 3 rings (SSSR count). The smallest absolute Gasteiger partial charge is 0.244 e. The minimum Gasteiger partial charge on any atom is -0.348 e. The van der Waals surface area contributed by atoms with Gasteiger partial charge < -0.3 is 5.32 Å². The average Bonchev–Trinajstić information content (AvgIpc) is 2.72. The maximum absolute atomic E-state index is 13.8. The molecule has 1 aliphatic rings. The van der Waals surface area contributed by atoms with E-state index in [1.54, 1.807) is 19.1 Å². The summed E-state index contributed by atoms with van der Waals surface area (Å²) < 4.78 is 42.3. The number of halogens is 1. The van der Waals surface area contributed by atoms with Gasteiger partial charge in [-0.25, -0.2) is 12.8 Å². The lowest BCUT2D eigenvalue weighted by atomic mass is 9.95. The van der Waals surface area contributed by atoms with Gasteiger partial charge in [0.15, 0.2) is 0 Å². The molecule has 0 saturated heterocycles. The number of aryl methyl sites for hydroxylation is 3. The summed E-state index contributed by atoms with van der Waals surface area (Å²) in [5.41, 5.74) is 3.16. The zero-order valence-corrected chi connectivity index (χ0v) is 20.1. The fourth-order valence-corrected chi connectivity index (χ4v) is 6.79. The zero-order chi connectivity index (χ0) is 23.5. The molecule has 2 aromatic rings. The monoisotopic (exact) mass is 460 g/mol. The third kappa shape index (κ3) is 5.56. The number of amides is 1. The van der Waals surface area contributed by atoms with Gasteiger partial charge in [0.1, 0.15) is 5.82 Å². The highest BCUT2D eigenvalue weighted by Crippen LogP contribution is 2.31. The van der Waals surface area contributed by atoms with Gasteiger partial charge >= 0.3 is 0 Å². The number of nitrogens with one attached hydrogen (secondary N) is 1. The van der Waals surface area contributed by atoms with Crippen LogP contribution in [0.15, 0.2) is 41.3 Å². The van der Waals surface area contributed by atoms with Crippen LogP contribution in [0.4, 0.5) is 4.39 Å². The summed E-state index contributed by atoms with van der Waals surface area (Å²) in [5.74, 6) is -0.705. The van der Waals surface area contributed by atoms with Gasteiger partial charge in [-0.05, 0) is 69.4 Å². The first-order chi connectivity index (χ1) is 15.1. The molecule has 1 N–H and O–H groups in total. The fourth-order valence-electron chi connectivity index (χ4n) is 4.73. The van der Waals surface area contributed by atoms with Crippen molar-refractivity contribution in [3.63, 3.8) is 0 Å². The predicted octanol–water partition coefficient (Wildman–Crippen LogP) is 4.95. The van der Waals surface area contributed by atoms with Crippen LogP contribution in [0.1, 0.15) is 67.3 Å². The Labute approximate surface area is 191 Å². The highest BCUT2D eigenvalue weighted by molar-refractivity contribution is 7.89. The van der Waals surface area contributed by atoms with Crippen LogP contribution in [0.2, 0.25) is 0 Å². The molecule has 1 saturated carbocycles. The molecule has 0 aromatic heterocycles. The Hall–Kier alpha value is -2.25. The SMILES string of the molecule is Cc1cc(C)c(S(=O)(=O)N(CC(=O)N[C@H](C)c2ccc(F)cc2)C2CCCCC2)c(C)c1. The molecule has 0 radical (unpaired) electrons. The minimum atomic E-state index is -3.86. The van der Waals surface area contributed by atoms with Crippen LogP contribution in [-0.2, 0) is 14.8 Å². The molecule has 7 heteroatoms. The third-order valence-electron chi connectivity index (χ3n) is 6.20. The molecule has 2 aromatic carbocycles. The van der Waals surface area contributed by atoms with E-state index in [1.165, 1.54) is 16.4 Å². The summed E-state index contributed by atoms with van der Waals surface area (Å²) in [7, 11) is -3.86. The molecule has 1 amide bonds. The quantitative estimate of drug-likeness (QED) is 0.636. The standard InChI is InChI=1S/C25H33FN2O3S/c1-17-14-18(2)25(19(3)15-17)32(30,31)28(23-8-6-5-7-9-23)16-24(29)27-20(4)21-10-12-22(26)13-11-21/h10-15,20,23H,5-9,16H2,1-4H3,(H,27,29)/t20-/m1/s1. The first-order valence-corrected chi connectivity index (χ1v) is 12.7. The number of hydrogen-bond donors (Lipinski definition) is 1. The van der Waals surface area contributed by atoms with Crippen molar-refractivity contribution in [1.82, 2.24) is 9.62 Å². The summed E-state index contributed by atoms with van der Waals surface area (Å²) in [6.45, 7) is 7.13. The van der Waals surface area contributed by atoms with Crippen molar-refractivity contribution in [2.45, 2.75) is 76.8 Å². The maximum Gasteiger partial charge on any atom is 0.244 e. The number of rotatable bonds is 7. The normalized spacial score (nSPS) is 16.2. The van der Waals surface area contributed by atoms with Gasteiger partial charge in [0, 0.05) is 6.04 Å². The Morgan fingerprint density at radius 1 is 1.06 bits per heavy atom. The number of carbonyl (C=O) groups is 1. The first-order valence-electron chi connectivity index (χ1n) is 11.2. The minimum absolute atomic E-state index is 0.194. The molecule has 0 heterocycles. The summed E-state index contributed by atoms with van der Waals surface area (Å²) >= 11 is 0. The highest BCUT2D eigenvalue weighted by Gasteiger charge is 2.36. The van der Waals surface area contributed by atoms with E-state index in [0.717, 1.165) is 43.2 Å². The summed E-state index contributed by atoms with van der Waals surface area (Å²) in [6.07, 6.45) is 4.50. The van der Waals surface area contributed by atoms with Gasteiger partial charge in [0.25, 0.3) is 0 Å². The van der Waals surface area contributed by atoms with Gasteiger partial charge in [-0.3, -0.25) is 4.79 Å². The molecule has 0 aliphatic heterocycles. The van der Waals surface area contributed by atoms with Crippen LogP contribution < -0.4 is 5.32 Å². The van der Waals surface area contributed by atoms with E-state index in [1.807, 2.05) is 32.9 Å². The molecule has 0 unspecified atom stereocenters. The van der Waals surface area contributed by atoms with Crippen molar-refractivity contribution < 1.29 is 17.6 Å². The highest BCUT2D eigenvalue weighted by atomic mass is 32.2. The van der Waals surface area contributed by atoms with Crippen LogP contribution >= 0.6 is 0 Å². The third-order valence-corrected chi connectivity index (χ3v) is 8.40. The molecule has 32 heavy (non-hydrogen) atoms. The average molecular weight is 461 g/mol. The lowest BCUT2D eigenvalue weighted by Crippen LogP contribution is -2.47. The Balaban J connectivity index is 1.87. The number of sulfonamides is 1. The second-order valence-electron chi connectivity index (χ2n) is 8.91. The zero-order valence-electron chi connectivity index (χ0n) is 19.3. The summed E-state index contributed by atoms with van der Waals surface area (Å²) in [6, 6.07) is 9.12. The first kappa shape index (κ1) is 24.4. The van der Waals surface area contributed by atoms with Crippen molar-refractivity contribution in [2.75, 3.05) is 6.54 Å². The number of benzene rings is 2. The maximum atomic E-state index is 13.8. The van der Waals surface area contributed by atoms with Gasteiger partial charge in [-0.15, -0.1) is 0 Å². The van der Waals surface area contributed by atoms with Gasteiger partial charge in [-0.1, -0.05) is 49.1 Å². The van der Waals surface area contributed by atoms with Crippen molar-refractivity contribution in [3.8, 4) is 0 Å². The molecule has 174 valence electrons. The van der Waals surface area contributed by atoms with Gasteiger partial charge in [-0.2, -0.15) is 4.31 Å². The van der Waals surface area contributed by atoms with E-state index < -0.39 is 10.0 Å². The number of nitrogens with zero attached hydrogens (tertiary/aromatic N) is 1. The molecule has 1 atom stereocenters. The Morgan fingerprint density at radius 3 is 2.19 bits per heavy atom. The molecule has 0 spiro atoms. The topological polar surface area (TPSA) is 66.5 Å². The van der Waals surface area contributed by atoms with Gasteiger partial charge in [0.2, 0.25) is 15.9 Å². The van der Waals surface area contributed by atoms with Crippen molar-refractivity contribution in [1.29, 1.82) is 0 Å². The number of hydrogen-bond acceptors (Lipinski definition) is 3. The number of carbonyl (C=O) groups excluding carboxylic acids is 1. The molecule has 1 aliphatic carbocycles. The van der Waals surface area contributed by atoms with Crippen LogP contribution in [0.5, 0.6) is 0 Å². The summed E-state index contributed by atoms with van der Waals surface area (Å²) in [5, 5.41) is 2.88. The molecular formula is C25H33FN2O3S. The van der Waals surface area contributed by atoms with Crippen molar-refractivity contribution in [2.24, 2.45) is 0 Å². The van der Waals surface area contributed by atoms with Gasteiger partial charge in [0.05, 0.1) is 17.5 Å². The predicted molar refractivity (Wildman–Crippen MR) is 124 cm³/mol. The van der Waals surface area contributed by atoms with E-state index in [0.29, 0.717) is 16.0 Å². The van der Waals surface area contributed by atoms with E-state index in [4.69, 9.17) is 0 Å². The Bertz CT molecular complexity index is 1040. The van der Waals surface area contributed by atoms with E-state index in [-0.39, 0.29) is 30.4 Å². The molecule has 5 nitrogen and oxygen atoms in total. The fraction of sp³-hybridized carbons (Fsp3) is 0.480. The van der Waals surface area contributed by atoms with Crippen LogP contribution in [0, 0.1) is 26.6 Å². The molecular weight excluding hydrogens is 427 g/mol. The van der Waals surface area contributed by atoms with E-state index in [2.05, 4.69) is 5.32 Å². The lowest BCUT2D eigenvalue weighted by Gasteiger charge is -2.34. The summed E-state index contributed by atoms with van der Waals surface area (Å²) in [4.78, 5) is 13.3. The Morgan fingerprint density at radius 2 is 1.62 bits per heavy atom. The van der Waals surface area contributed by atoms with E-state index >= 15 is 0 Å². The lowest BCUT2D eigenvalue weighted by molar-refractivity contribution is -0.122. The van der Waals surface area contributed by atoms with E-state index in [9.17, 15) is 17.6 Å². The van der Waals surface area contributed by atoms with Crippen LogP contribution in [0.3, 0.4) is 0 Å². The van der Waals surface area contributed by atoms with Crippen LogP contribution in [0.25, 0.3) is 0 Å². The molecule has 1 fully saturated rings. The largest absolute Gasteiger partial charge is 0.348 e. The Kier molecular flexibility index (Phi) is 7.72. The second kappa shape index (κ2) is 10.1. The van der Waals surface area contributed by atoms with Crippen molar-refractivity contribution >= 4 is 15.9 Å². The van der Waals surface area contributed by atoms with Crippen LogP contribution in [-0.4, -0.2) is 31.2 Å². The molecule has 0 bridgehead atoms. The van der Waals surface area contributed by atoms with Crippen molar-refractivity contribution in [3.05, 3.63) is 64.5 Å². The second-order valence-corrected chi connectivity index (χ2v) is 10.7.